The van der Waals surface area contributed by atoms with Crippen molar-refractivity contribution in [3.8, 4) is 0 Å². The Balaban J connectivity index is 2.82. The summed E-state index contributed by atoms with van der Waals surface area (Å²) >= 11 is 0. The number of nitrogens with zero attached hydrogens (tertiary/aromatic N) is 1. The summed E-state index contributed by atoms with van der Waals surface area (Å²) in [5.74, 6) is 0.242. The van der Waals surface area contributed by atoms with Crippen molar-refractivity contribution < 1.29 is 13.5 Å². The Labute approximate surface area is 95.6 Å². The van der Waals surface area contributed by atoms with Crippen molar-refractivity contribution in [3.05, 3.63) is 23.9 Å². The zero-order valence-corrected chi connectivity index (χ0v) is 10.2. The monoisotopic (exact) mass is 244 g/mol. The summed E-state index contributed by atoms with van der Waals surface area (Å²) in [6.45, 7) is 4.08. The van der Waals surface area contributed by atoms with Gasteiger partial charge in [0.2, 0.25) is 0 Å². The van der Waals surface area contributed by atoms with E-state index in [0.29, 0.717) is 12.1 Å². The molecule has 0 bridgehead atoms. The smallest absolute Gasteiger partial charge is 0.258 e. The summed E-state index contributed by atoms with van der Waals surface area (Å²) < 4.78 is 25.9. The first-order valence-corrected chi connectivity index (χ1v) is 6.49. The van der Waals surface area contributed by atoms with Crippen molar-refractivity contribution in [2.45, 2.75) is 25.5 Å². The highest BCUT2D eigenvalue weighted by molar-refractivity contribution is 7.89. The maximum atomic E-state index is 11.7. The lowest BCUT2D eigenvalue weighted by Gasteiger charge is -2.08. The molecule has 0 spiro atoms. The molecule has 6 heteroatoms. The van der Waals surface area contributed by atoms with Crippen LogP contribution in [0, 0.1) is 5.92 Å². The van der Waals surface area contributed by atoms with Crippen LogP contribution in [-0.4, -0.2) is 25.1 Å². The Hall–Kier alpha value is -0.980. The van der Waals surface area contributed by atoms with Crippen LogP contribution in [0.4, 0.5) is 0 Å². The van der Waals surface area contributed by atoms with Crippen LogP contribution in [0.5, 0.6) is 0 Å². The predicted octanol–water partition coefficient (Wildman–Crippen LogP) is 0.508. The number of nitrogens with one attached hydrogen (secondary N) is 1. The molecule has 0 aromatic carbocycles. The van der Waals surface area contributed by atoms with E-state index >= 15 is 0 Å². The summed E-state index contributed by atoms with van der Waals surface area (Å²) in [6, 6.07) is 2.92. The first-order valence-electron chi connectivity index (χ1n) is 5.01. The van der Waals surface area contributed by atoms with E-state index in [1.807, 2.05) is 13.8 Å². The van der Waals surface area contributed by atoms with E-state index in [1.54, 1.807) is 0 Å². The number of sulfonamides is 1. The zero-order valence-electron chi connectivity index (χ0n) is 9.34. The van der Waals surface area contributed by atoms with Crippen LogP contribution in [0.15, 0.2) is 23.4 Å². The van der Waals surface area contributed by atoms with Gasteiger partial charge in [-0.1, -0.05) is 19.9 Å². The van der Waals surface area contributed by atoms with Crippen LogP contribution < -0.4 is 4.72 Å². The quantitative estimate of drug-likeness (QED) is 0.791. The summed E-state index contributed by atoms with van der Waals surface area (Å²) in [5, 5.41) is 8.78. The van der Waals surface area contributed by atoms with Gasteiger partial charge in [0.05, 0.1) is 6.61 Å². The van der Waals surface area contributed by atoms with Crippen molar-refractivity contribution >= 4 is 10.0 Å². The highest BCUT2D eigenvalue weighted by Gasteiger charge is 2.15. The maximum Gasteiger partial charge on any atom is 0.258 e. The van der Waals surface area contributed by atoms with Crippen LogP contribution in [0.3, 0.4) is 0 Å². The number of hydrogen-bond acceptors (Lipinski definition) is 4. The van der Waals surface area contributed by atoms with Crippen molar-refractivity contribution in [2.75, 3.05) is 6.54 Å². The molecule has 1 heterocycles. The Kier molecular flexibility index (Phi) is 4.40. The zero-order chi connectivity index (χ0) is 12.2. The number of rotatable bonds is 5. The van der Waals surface area contributed by atoms with E-state index in [2.05, 4.69) is 9.71 Å². The van der Waals surface area contributed by atoms with Gasteiger partial charge in [-0.2, -0.15) is 0 Å². The van der Waals surface area contributed by atoms with Crippen molar-refractivity contribution in [1.82, 2.24) is 9.71 Å². The normalized spacial score (nSPS) is 12.0. The molecule has 5 nitrogen and oxygen atoms in total. The predicted molar refractivity (Wildman–Crippen MR) is 60.2 cm³/mol. The average Bonchev–Trinajstić information content (AvgIpc) is 2.27. The molecule has 1 rings (SSSR count). The minimum Gasteiger partial charge on any atom is -0.392 e. The first-order chi connectivity index (χ1) is 7.45. The molecule has 90 valence electrons. The molecule has 0 aliphatic rings. The van der Waals surface area contributed by atoms with Gasteiger partial charge in [0.25, 0.3) is 10.0 Å². The molecular weight excluding hydrogens is 228 g/mol. The molecule has 0 atom stereocenters. The molecular formula is C10H16N2O3S. The van der Waals surface area contributed by atoms with Crippen molar-refractivity contribution in [2.24, 2.45) is 5.92 Å². The highest BCUT2D eigenvalue weighted by Crippen LogP contribution is 2.06. The SMILES string of the molecule is CC(C)CNS(=O)(=O)c1ccc(CO)cn1. The minimum atomic E-state index is -3.52. The van der Waals surface area contributed by atoms with Gasteiger partial charge in [0.1, 0.15) is 0 Å². The molecule has 0 unspecified atom stereocenters. The molecule has 0 saturated heterocycles. The van der Waals surface area contributed by atoms with Crippen LogP contribution in [0.2, 0.25) is 0 Å². The Morgan fingerprint density at radius 3 is 2.56 bits per heavy atom. The third-order valence-electron chi connectivity index (χ3n) is 1.94. The lowest BCUT2D eigenvalue weighted by Crippen LogP contribution is -2.28. The van der Waals surface area contributed by atoms with Gasteiger partial charge >= 0.3 is 0 Å². The summed E-state index contributed by atoms with van der Waals surface area (Å²) in [7, 11) is -3.52. The molecule has 0 aliphatic heterocycles. The molecule has 0 aliphatic carbocycles. The highest BCUT2D eigenvalue weighted by atomic mass is 32.2. The van der Waals surface area contributed by atoms with Gasteiger partial charge in [0.15, 0.2) is 5.03 Å². The molecule has 2 N–H and O–H groups in total. The van der Waals surface area contributed by atoms with Crippen LogP contribution >= 0.6 is 0 Å². The van der Waals surface area contributed by atoms with Crippen LogP contribution in [0.1, 0.15) is 19.4 Å². The van der Waals surface area contributed by atoms with Gasteiger partial charge in [-0.15, -0.1) is 0 Å². The Morgan fingerprint density at radius 1 is 1.44 bits per heavy atom. The first kappa shape index (κ1) is 13.1. The van der Waals surface area contributed by atoms with E-state index < -0.39 is 10.0 Å². The molecule has 0 saturated carbocycles. The van der Waals surface area contributed by atoms with Gasteiger partial charge in [0, 0.05) is 12.7 Å². The minimum absolute atomic E-state index is 0.0228. The van der Waals surface area contributed by atoms with E-state index in [9.17, 15) is 8.42 Å². The number of aliphatic hydroxyl groups excluding tert-OH is 1. The van der Waals surface area contributed by atoms with Gasteiger partial charge in [-0.25, -0.2) is 18.1 Å². The number of hydrogen-bond donors (Lipinski definition) is 2. The second kappa shape index (κ2) is 5.38. The second-order valence-electron chi connectivity index (χ2n) is 3.91. The van der Waals surface area contributed by atoms with Crippen molar-refractivity contribution in [3.63, 3.8) is 0 Å². The van der Waals surface area contributed by atoms with Crippen LogP contribution in [0.25, 0.3) is 0 Å². The standard InChI is InChI=1S/C10H16N2O3S/c1-8(2)5-12-16(14,15)10-4-3-9(7-13)6-11-10/h3-4,6,8,12-13H,5,7H2,1-2H3. The summed E-state index contributed by atoms with van der Waals surface area (Å²) in [5.41, 5.74) is 0.586. The van der Waals surface area contributed by atoms with E-state index in [4.69, 9.17) is 5.11 Å². The molecule has 0 fully saturated rings. The average molecular weight is 244 g/mol. The maximum absolute atomic E-state index is 11.7. The van der Waals surface area contributed by atoms with Crippen LogP contribution in [-0.2, 0) is 16.6 Å². The fourth-order valence-corrected chi connectivity index (χ4v) is 2.15. The topological polar surface area (TPSA) is 79.3 Å². The largest absolute Gasteiger partial charge is 0.392 e. The molecule has 1 aromatic rings. The Morgan fingerprint density at radius 2 is 2.12 bits per heavy atom. The molecule has 0 amide bonds. The summed E-state index contributed by atoms with van der Waals surface area (Å²) in [4.78, 5) is 3.79. The molecule has 0 radical (unpaired) electrons. The Bertz CT molecular complexity index is 426. The second-order valence-corrected chi connectivity index (χ2v) is 5.62. The third-order valence-corrected chi connectivity index (χ3v) is 3.28. The fraction of sp³-hybridized carbons (Fsp3) is 0.500. The van der Waals surface area contributed by atoms with E-state index in [0.717, 1.165) is 0 Å². The fourth-order valence-electron chi connectivity index (χ4n) is 1.01. The van der Waals surface area contributed by atoms with Gasteiger partial charge in [-0.3, -0.25) is 0 Å². The third kappa shape index (κ3) is 3.55. The van der Waals surface area contributed by atoms with E-state index in [1.165, 1.54) is 18.3 Å². The lowest BCUT2D eigenvalue weighted by molar-refractivity contribution is 0.281. The number of pyridine rings is 1. The lowest BCUT2D eigenvalue weighted by atomic mass is 10.2. The van der Waals surface area contributed by atoms with Gasteiger partial charge < -0.3 is 5.11 Å². The van der Waals surface area contributed by atoms with Gasteiger partial charge in [-0.05, 0) is 17.5 Å². The number of aromatic nitrogens is 1. The van der Waals surface area contributed by atoms with E-state index in [-0.39, 0.29) is 17.6 Å². The summed E-state index contributed by atoms with van der Waals surface area (Å²) in [6.07, 6.45) is 1.35. The molecule has 16 heavy (non-hydrogen) atoms. The van der Waals surface area contributed by atoms with Crippen molar-refractivity contribution in [1.29, 1.82) is 0 Å². The molecule has 1 aromatic heterocycles. The number of aliphatic hydroxyl groups is 1.